The molecule has 0 aromatic carbocycles. The van der Waals surface area contributed by atoms with Crippen molar-refractivity contribution in [2.45, 2.75) is 32.1 Å². The van der Waals surface area contributed by atoms with Crippen molar-refractivity contribution in [2.75, 3.05) is 13.6 Å². The van der Waals surface area contributed by atoms with E-state index in [9.17, 15) is 19.2 Å². The van der Waals surface area contributed by atoms with E-state index >= 15 is 0 Å². The molecule has 1 saturated carbocycles. The molecule has 2 rings (SSSR count). The lowest BCUT2D eigenvalue weighted by atomic mass is 9.87. The zero-order valence-electron chi connectivity index (χ0n) is 11.5. The minimum absolute atomic E-state index is 0.000833. The van der Waals surface area contributed by atoms with Crippen molar-refractivity contribution >= 4 is 23.8 Å². The minimum Gasteiger partial charge on any atom is -0.359 e. The number of hydrogen-bond donors (Lipinski definition) is 2. The minimum atomic E-state index is -0.778. The second kappa shape index (κ2) is 6.02. The quantitative estimate of drug-likeness (QED) is 0.709. The molecule has 0 aromatic rings. The number of urea groups is 1. The van der Waals surface area contributed by atoms with Crippen molar-refractivity contribution in [3.63, 3.8) is 0 Å². The highest BCUT2D eigenvalue weighted by Crippen LogP contribution is 2.33. The first-order valence-corrected chi connectivity index (χ1v) is 6.91. The number of amides is 5. The summed E-state index contributed by atoms with van der Waals surface area (Å²) in [4.78, 5) is 48.2. The van der Waals surface area contributed by atoms with Crippen molar-refractivity contribution in [1.29, 1.82) is 0 Å². The lowest BCUT2D eigenvalue weighted by Gasteiger charge is -2.32. The van der Waals surface area contributed by atoms with E-state index in [1.54, 1.807) is 0 Å². The van der Waals surface area contributed by atoms with Crippen LogP contribution in [0.5, 0.6) is 0 Å². The summed E-state index contributed by atoms with van der Waals surface area (Å²) in [6.45, 7) is 0.000833. The van der Waals surface area contributed by atoms with E-state index < -0.39 is 23.8 Å². The molecule has 0 bridgehead atoms. The van der Waals surface area contributed by atoms with Crippen molar-refractivity contribution in [1.82, 2.24) is 15.5 Å². The predicted octanol–water partition coefficient (Wildman–Crippen LogP) is 0.00730. The number of nitrogens with zero attached hydrogens (tertiary/aromatic N) is 1. The third-order valence-corrected chi connectivity index (χ3v) is 4.00. The van der Waals surface area contributed by atoms with Crippen molar-refractivity contribution in [3.05, 3.63) is 0 Å². The van der Waals surface area contributed by atoms with Gasteiger partial charge in [0.25, 0.3) is 0 Å². The van der Waals surface area contributed by atoms with Gasteiger partial charge in [-0.1, -0.05) is 12.8 Å². The highest BCUT2D eigenvalue weighted by molar-refractivity contribution is 6.16. The molecule has 5 amide bonds. The van der Waals surface area contributed by atoms with Crippen LogP contribution in [0.1, 0.15) is 32.1 Å². The van der Waals surface area contributed by atoms with Gasteiger partial charge in [0, 0.05) is 20.0 Å². The average Bonchev–Trinajstić information content (AvgIpc) is 2.91. The Morgan fingerprint density at radius 3 is 2.55 bits per heavy atom. The first-order chi connectivity index (χ1) is 9.54. The zero-order valence-corrected chi connectivity index (χ0v) is 11.5. The number of nitrogens with one attached hydrogen (secondary N) is 2. The van der Waals surface area contributed by atoms with Crippen LogP contribution < -0.4 is 10.6 Å². The first-order valence-electron chi connectivity index (χ1n) is 6.91. The molecule has 7 heteroatoms. The Kier molecular flexibility index (Phi) is 4.36. The van der Waals surface area contributed by atoms with Gasteiger partial charge in [-0.15, -0.1) is 0 Å². The van der Waals surface area contributed by atoms with Crippen LogP contribution in [0, 0.1) is 11.8 Å². The SMILES string of the molecule is CNC(=O)CCN1C(=O)NC(=O)C(C2CCCC2)C1=O. The third kappa shape index (κ3) is 2.81. The lowest BCUT2D eigenvalue weighted by molar-refractivity contribution is -0.145. The summed E-state index contributed by atoms with van der Waals surface area (Å²) < 4.78 is 0. The molecule has 2 N–H and O–H groups in total. The molecule has 110 valence electrons. The number of hydrogen-bond acceptors (Lipinski definition) is 4. The van der Waals surface area contributed by atoms with Crippen LogP contribution in [0.15, 0.2) is 0 Å². The van der Waals surface area contributed by atoms with Gasteiger partial charge >= 0.3 is 6.03 Å². The van der Waals surface area contributed by atoms with E-state index in [1.165, 1.54) is 7.05 Å². The Labute approximate surface area is 117 Å². The Morgan fingerprint density at radius 2 is 1.95 bits per heavy atom. The van der Waals surface area contributed by atoms with Gasteiger partial charge in [0.15, 0.2) is 0 Å². The normalized spacial score (nSPS) is 23.9. The Hall–Kier alpha value is -1.92. The molecule has 1 heterocycles. The fraction of sp³-hybridized carbons (Fsp3) is 0.692. The highest BCUT2D eigenvalue weighted by atomic mass is 16.2. The number of carbonyl (C=O) groups is 4. The summed E-state index contributed by atoms with van der Waals surface area (Å²) >= 11 is 0. The molecule has 1 unspecified atom stereocenters. The van der Waals surface area contributed by atoms with E-state index in [4.69, 9.17) is 0 Å². The van der Waals surface area contributed by atoms with Gasteiger partial charge in [0.2, 0.25) is 17.7 Å². The molecular weight excluding hydrogens is 262 g/mol. The Balaban J connectivity index is 2.07. The smallest absolute Gasteiger partial charge is 0.330 e. The molecule has 2 fully saturated rings. The Bertz CT molecular complexity index is 443. The van der Waals surface area contributed by atoms with Crippen molar-refractivity contribution in [2.24, 2.45) is 11.8 Å². The predicted molar refractivity (Wildman–Crippen MR) is 69.4 cm³/mol. The molecule has 20 heavy (non-hydrogen) atoms. The van der Waals surface area contributed by atoms with Gasteiger partial charge in [-0.05, 0) is 18.8 Å². The summed E-state index contributed by atoms with van der Waals surface area (Å²) in [7, 11) is 1.49. The fourth-order valence-electron chi connectivity index (χ4n) is 2.89. The van der Waals surface area contributed by atoms with Crippen molar-refractivity contribution in [3.8, 4) is 0 Å². The second-order valence-corrected chi connectivity index (χ2v) is 5.23. The maximum absolute atomic E-state index is 12.3. The molecular formula is C13H19N3O4. The first kappa shape index (κ1) is 14.5. The summed E-state index contributed by atoms with van der Waals surface area (Å²) in [6.07, 6.45) is 3.73. The van der Waals surface area contributed by atoms with E-state index in [2.05, 4.69) is 10.6 Å². The van der Waals surface area contributed by atoms with Crippen molar-refractivity contribution < 1.29 is 19.2 Å². The molecule has 0 spiro atoms. The average molecular weight is 281 g/mol. The summed E-state index contributed by atoms with van der Waals surface area (Å²) in [6, 6.07) is -0.724. The standard InChI is InChI=1S/C13H19N3O4/c1-14-9(17)6-7-16-12(19)10(8-4-2-3-5-8)11(18)15-13(16)20/h8,10H,2-7H2,1H3,(H,14,17)(H,15,18,20). The number of carbonyl (C=O) groups excluding carboxylic acids is 4. The van der Waals surface area contributed by atoms with Crippen LogP contribution in [0.25, 0.3) is 0 Å². The van der Waals surface area contributed by atoms with Crippen LogP contribution in [0.2, 0.25) is 0 Å². The molecule has 1 atom stereocenters. The van der Waals surface area contributed by atoms with Crippen LogP contribution in [-0.4, -0.2) is 42.2 Å². The Morgan fingerprint density at radius 1 is 1.30 bits per heavy atom. The number of barbiturate groups is 1. The number of imide groups is 2. The fourth-order valence-corrected chi connectivity index (χ4v) is 2.89. The van der Waals surface area contributed by atoms with Crippen LogP contribution >= 0.6 is 0 Å². The largest absolute Gasteiger partial charge is 0.359 e. The van der Waals surface area contributed by atoms with Gasteiger partial charge < -0.3 is 5.32 Å². The molecule has 2 aliphatic rings. The van der Waals surface area contributed by atoms with Gasteiger partial charge in [-0.3, -0.25) is 24.6 Å². The van der Waals surface area contributed by atoms with Crippen LogP contribution in [-0.2, 0) is 14.4 Å². The van der Waals surface area contributed by atoms with Gasteiger partial charge in [0.05, 0.1) is 0 Å². The molecule has 1 aliphatic carbocycles. The molecule has 1 saturated heterocycles. The lowest BCUT2D eigenvalue weighted by Crippen LogP contribution is -2.59. The maximum Gasteiger partial charge on any atom is 0.330 e. The molecule has 0 radical (unpaired) electrons. The summed E-state index contributed by atoms with van der Waals surface area (Å²) in [5.41, 5.74) is 0. The molecule has 7 nitrogen and oxygen atoms in total. The van der Waals surface area contributed by atoms with E-state index in [0.29, 0.717) is 0 Å². The molecule has 0 aromatic heterocycles. The maximum atomic E-state index is 12.3. The van der Waals surface area contributed by atoms with Gasteiger partial charge in [-0.25, -0.2) is 4.79 Å². The summed E-state index contributed by atoms with van der Waals surface area (Å²) in [5.74, 6) is -1.98. The topological polar surface area (TPSA) is 95.6 Å². The van der Waals surface area contributed by atoms with E-state index in [1.807, 2.05) is 0 Å². The monoisotopic (exact) mass is 281 g/mol. The van der Waals surface area contributed by atoms with E-state index in [-0.39, 0.29) is 24.8 Å². The number of rotatable bonds is 4. The zero-order chi connectivity index (χ0) is 14.7. The highest BCUT2D eigenvalue weighted by Gasteiger charge is 2.45. The molecule has 1 aliphatic heterocycles. The van der Waals surface area contributed by atoms with E-state index in [0.717, 1.165) is 30.6 Å². The van der Waals surface area contributed by atoms with Gasteiger partial charge in [0.1, 0.15) is 5.92 Å². The van der Waals surface area contributed by atoms with Crippen LogP contribution in [0.3, 0.4) is 0 Å². The van der Waals surface area contributed by atoms with Crippen LogP contribution in [0.4, 0.5) is 4.79 Å². The summed E-state index contributed by atoms with van der Waals surface area (Å²) in [5, 5.41) is 4.66. The second-order valence-electron chi connectivity index (χ2n) is 5.23. The third-order valence-electron chi connectivity index (χ3n) is 4.00. The van der Waals surface area contributed by atoms with Gasteiger partial charge in [-0.2, -0.15) is 0 Å².